The second kappa shape index (κ2) is 5.88. The molecule has 0 bridgehead atoms. The molecule has 0 saturated heterocycles. The monoisotopic (exact) mass is 329 g/mol. The second-order valence-corrected chi connectivity index (χ2v) is 6.18. The lowest BCUT2D eigenvalue weighted by atomic mass is 9.82. The first-order valence-corrected chi connectivity index (χ1v) is 7.74. The molecular formula is C17H16BrNO. The van der Waals surface area contributed by atoms with Gasteiger partial charge in [-0.3, -0.25) is 9.78 Å². The highest BCUT2D eigenvalue weighted by molar-refractivity contribution is 9.10. The molecule has 0 spiro atoms. The third kappa shape index (κ3) is 2.83. The number of carbonyl (C=O) groups excluding carboxylic acids is 1. The van der Waals surface area contributed by atoms with Crippen molar-refractivity contribution in [1.29, 1.82) is 0 Å². The third-order valence-electron chi connectivity index (χ3n) is 3.88. The van der Waals surface area contributed by atoms with Crippen LogP contribution in [0.1, 0.15) is 35.6 Å². The number of hydrogen-bond acceptors (Lipinski definition) is 2. The summed E-state index contributed by atoms with van der Waals surface area (Å²) in [7, 11) is 0. The number of Topliss-reactive ketones (excluding diaryl/α,β-unsaturated/α-hetero) is 1. The SMILES string of the molecule is O=C(Cc1ccc(Br)cc1)C1CCCc2cccnc21. The van der Waals surface area contributed by atoms with E-state index in [0.717, 1.165) is 35.0 Å². The number of aromatic nitrogens is 1. The van der Waals surface area contributed by atoms with Gasteiger partial charge in [-0.05, 0) is 48.6 Å². The van der Waals surface area contributed by atoms with E-state index in [-0.39, 0.29) is 11.7 Å². The van der Waals surface area contributed by atoms with Gasteiger partial charge in [-0.1, -0.05) is 34.1 Å². The van der Waals surface area contributed by atoms with Crippen molar-refractivity contribution in [1.82, 2.24) is 4.98 Å². The fraction of sp³-hybridized carbons (Fsp3) is 0.294. The zero-order valence-electron chi connectivity index (χ0n) is 11.2. The zero-order valence-corrected chi connectivity index (χ0v) is 12.8. The van der Waals surface area contributed by atoms with Crippen molar-refractivity contribution in [3.63, 3.8) is 0 Å². The molecule has 2 aromatic rings. The maximum Gasteiger partial charge on any atom is 0.146 e. The highest BCUT2D eigenvalue weighted by atomic mass is 79.9. The average Bonchev–Trinajstić information content (AvgIpc) is 2.49. The Balaban J connectivity index is 1.80. The first-order chi connectivity index (χ1) is 9.74. The molecule has 1 aromatic carbocycles. The Morgan fingerprint density at radius 3 is 2.85 bits per heavy atom. The van der Waals surface area contributed by atoms with E-state index in [0.29, 0.717) is 6.42 Å². The molecule has 1 aromatic heterocycles. The molecule has 0 amide bonds. The van der Waals surface area contributed by atoms with Gasteiger partial charge in [-0.2, -0.15) is 0 Å². The fourth-order valence-corrected chi connectivity index (χ4v) is 3.11. The van der Waals surface area contributed by atoms with E-state index < -0.39 is 0 Å². The highest BCUT2D eigenvalue weighted by Gasteiger charge is 2.27. The Morgan fingerprint density at radius 1 is 1.25 bits per heavy atom. The van der Waals surface area contributed by atoms with E-state index in [2.05, 4.69) is 27.0 Å². The molecule has 1 aliphatic carbocycles. The van der Waals surface area contributed by atoms with Gasteiger partial charge in [-0.25, -0.2) is 0 Å². The van der Waals surface area contributed by atoms with E-state index in [1.165, 1.54) is 5.56 Å². The van der Waals surface area contributed by atoms with Crippen molar-refractivity contribution in [2.45, 2.75) is 31.6 Å². The fourth-order valence-electron chi connectivity index (χ4n) is 2.85. The van der Waals surface area contributed by atoms with Crippen molar-refractivity contribution in [2.75, 3.05) is 0 Å². The number of hydrogen-bond donors (Lipinski definition) is 0. The minimum absolute atomic E-state index is 0.0244. The van der Waals surface area contributed by atoms with Gasteiger partial charge in [0.05, 0.1) is 11.6 Å². The molecule has 0 N–H and O–H groups in total. The Bertz CT molecular complexity index is 621. The van der Waals surface area contributed by atoms with Crippen LogP contribution in [0.5, 0.6) is 0 Å². The summed E-state index contributed by atoms with van der Waals surface area (Å²) in [5.74, 6) is 0.260. The van der Waals surface area contributed by atoms with Gasteiger partial charge >= 0.3 is 0 Å². The van der Waals surface area contributed by atoms with Crippen LogP contribution in [0.4, 0.5) is 0 Å². The Hall–Kier alpha value is -1.48. The summed E-state index contributed by atoms with van der Waals surface area (Å²) < 4.78 is 1.04. The number of rotatable bonds is 3. The standard InChI is InChI=1S/C17H16BrNO/c18-14-8-6-12(7-9-14)11-16(20)15-5-1-3-13-4-2-10-19-17(13)15/h2,4,6-10,15H,1,3,5,11H2. The van der Waals surface area contributed by atoms with Crippen LogP contribution in [-0.2, 0) is 17.6 Å². The summed E-state index contributed by atoms with van der Waals surface area (Å²) >= 11 is 3.41. The van der Waals surface area contributed by atoms with E-state index >= 15 is 0 Å². The topological polar surface area (TPSA) is 30.0 Å². The summed E-state index contributed by atoms with van der Waals surface area (Å²) in [6, 6.07) is 12.0. The van der Waals surface area contributed by atoms with Gasteiger partial charge in [0.25, 0.3) is 0 Å². The maximum atomic E-state index is 12.6. The van der Waals surface area contributed by atoms with E-state index in [4.69, 9.17) is 0 Å². The van der Waals surface area contributed by atoms with Gasteiger partial charge in [0.15, 0.2) is 0 Å². The van der Waals surface area contributed by atoms with Crippen LogP contribution in [0.3, 0.4) is 0 Å². The van der Waals surface area contributed by atoms with Crippen LogP contribution < -0.4 is 0 Å². The summed E-state index contributed by atoms with van der Waals surface area (Å²) in [5, 5.41) is 0. The van der Waals surface area contributed by atoms with Gasteiger partial charge in [0, 0.05) is 17.1 Å². The molecule has 3 heteroatoms. The third-order valence-corrected chi connectivity index (χ3v) is 4.40. The molecule has 2 nitrogen and oxygen atoms in total. The van der Waals surface area contributed by atoms with Crippen molar-refractivity contribution in [2.24, 2.45) is 0 Å². The summed E-state index contributed by atoms with van der Waals surface area (Å²) in [4.78, 5) is 17.0. The molecule has 102 valence electrons. The van der Waals surface area contributed by atoms with Crippen molar-refractivity contribution in [3.05, 3.63) is 63.9 Å². The van der Waals surface area contributed by atoms with Crippen LogP contribution in [0, 0.1) is 0 Å². The van der Waals surface area contributed by atoms with E-state index in [1.54, 1.807) is 6.20 Å². The average molecular weight is 330 g/mol. The van der Waals surface area contributed by atoms with Gasteiger partial charge < -0.3 is 0 Å². The first-order valence-electron chi connectivity index (χ1n) is 6.95. The largest absolute Gasteiger partial charge is 0.299 e. The smallest absolute Gasteiger partial charge is 0.146 e. The lowest BCUT2D eigenvalue weighted by Gasteiger charge is -2.23. The molecular weight excluding hydrogens is 314 g/mol. The van der Waals surface area contributed by atoms with Crippen LogP contribution in [-0.4, -0.2) is 10.8 Å². The number of ketones is 1. The minimum atomic E-state index is -0.0244. The van der Waals surface area contributed by atoms with Gasteiger partial charge in [0.1, 0.15) is 5.78 Å². The first kappa shape index (κ1) is 13.5. The van der Waals surface area contributed by atoms with Crippen LogP contribution in [0.2, 0.25) is 0 Å². The Morgan fingerprint density at radius 2 is 2.05 bits per heavy atom. The molecule has 1 heterocycles. The molecule has 20 heavy (non-hydrogen) atoms. The number of benzene rings is 1. The summed E-state index contributed by atoms with van der Waals surface area (Å²) in [6.07, 6.45) is 5.35. The predicted octanol–water partition coefficient (Wildman–Crippen LogP) is 4.08. The molecule has 0 aliphatic heterocycles. The van der Waals surface area contributed by atoms with E-state index in [9.17, 15) is 4.79 Å². The van der Waals surface area contributed by atoms with Gasteiger partial charge in [0.2, 0.25) is 0 Å². The summed E-state index contributed by atoms with van der Waals surface area (Å²) in [6.45, 7) is 0. The molecule has 0 saturated carbocycles. The zero-order chi connectivity index (χ0) is 13.9. The Labute approximate surface area is 127 Å². The van der Waals surface area contributed by atoms with Crippen molar-refractivity contribution < 1.29 is 4.79 Å². The van der Waals surface area contributed by atoms with Crippen LogP contribution in [0.15, 0.2) is 47.1 Å². The lowest BCUT2D eigenvalue weighted by molar-refractivity contribution is -0.120. The normalized spacial score (nSPS) is 17.6. The number of aryl methyl sites for hydroxylation is 1. The minimum Gasteiger partial charge on any atom is -0.299 e. The summed E-state index contributed by atoms with van der Waals surface area (Å²) in [5.41, 5.74) is 3.31. The molecule has 3 rings (SSSR count). The molecule has 0 radical (unpaired) electrons. The number of pyridine rings is 1. The Kier molecular flexibility index (Phi) is 3.97. The molecule has 1 aliphatic rings. The van der Waals surface area contributed by atoms with Crippen LogP contribution in [0.25, 0.3) is 0 Å². The van der Waals surface area contributed by atoms with E-state index in [1.807, 2.05) is 30.3 Å². The second-order valence-electron chi connectivity index (χ2n) is 5.26. The highest BCUT2D eigenvalue weighted by Crippen LogP contribution is 2.31. The van der Waals surface area contributed by atoms with Crippen LogP contribution >= 0.6 is 15.9 Å². The number of fused-ring (bicyclic) bond motifs is 1. The van der Waals surface area contributed by atoms with Crippen molar-refractivity contribution in [3.8, 4) is 0 Å². The quantitative estimate of drug-likeness (QED) is 0.849. The molecule has 1 atom stereocenters. The molecule has 1 unspecified atom stereocenters. The maximum absolute atomic E-state index is 12.6. The lowest BCUT2D eigenvalue weighted by Crippen LogP contribution is -2.21. The van der Waals surface area contributed by atoms with Gasteiger partial charge in [-0.15, -0.1) is 0 Å². The predicted molar refractivity (Wildman–Crippen MR) is 82.8 cm³/mol. The number of nitrogens with zero attached hydrogens (tertiary/aromatic N) is 1. The number of carbonyl (C=O) groups is 1. The van der Waals surface area contributed by atoms with Crippen molar-refractivity contribution >= 4 is 21.7 Å². The molecule has 0 fully saturated rings. The number of halogens is 1.